The van der Waals surface area contributed by atoms with Crippen molar-refractivity contribution in [1.82, 2.24) is 10.2 Å². The number of carbonyl (C=O) groups is 1. The van der Waals surface area contributed by atoms with Crippen LogP contribution in [0.4, 0.5) is 10.6 Å². The van der Waals surface area contributed by atoms with Gasteiger partial charge in [0.2, 0.25) is 0 Å². The molecule has 1 aromatic heterocycles. The number of nitrogens with zero attached hydrogens (tertiary/aromatic N) is 2. The Bertz CT molecular complexity index is 377. The Morgan fingerprint density at radius 3 is 2.81 bits per heavy atom. The molecule has 0 fully saturated rings. The lowest BCUT2D eigenvalue weighted by atomic mass is 10.2. The third-order valence-electron chi connectivity index (χ3n) is 1.49. The van der Waals surface area contributed by atoms with Gasteiger partial charge in [0.05, 0.1) is 6.20 Å². The first-order chi connectivity index (χ1) is 7.40. The molecule has 1 N–H and O–H groups in total. The molecule has 0 atom stereocenters. The number of ether oxygens (including phenoxy) is 1. The molecule has 0 aromatic carbocycles. The standard InChI is InChI=1S/C10H14ClN3O2/c1-10(2,3)16-9(15)13-8-4-7(5-11)6-12-14-8/h4,6H,5H2,1-3H3,(H,13,14,15). The van der Waals surface area contributed by atoms with Crippen molar-refractivity contribution in [3.8, 4) is 0 Å². The SMILES string of the molecule is CC(C)(C)OC(=O)Nc1cc(CCl)cnn1. The molecule has 0 aliphatic heterocycles. The lowest BCUT2D eigenvalue weighted by Crippen LogP contribution is -2.27. The van der Waals surface area contributed by atoms with Crippen LogP contribution in [0.2, 0.25) is 0 Å². The highest BCUT2D eigenvalue weighted by molar-refractivity contribution is 6.17. The van der Waals surface area contributed by atoms with Gasteiger partial charge in [-0.25, -0.2) is 4.79 Å². The molecule has 0 aliphatic rings. The van der Waals surface area contributed by atoms with Crippen LogP contribution < -0.4 is 5.32 Å². The molecule has 6 heteroatoms. The van der Waals surface area contributed by atoms with Gasteiger partial charge in [-0.2, -0.15) is 5.10 Å². The van der Waals surface area contributed by atoms with E-state index in [0.717, 1.165) is 5.56 Å². The van der Waals surface area contributed by atoms with Crippen LogP contribution in [0.5, 0.6) is 0 Å². The Hall–Kier alpha value is -1.36. The summed E-state index contributed by atoms with van der Waals surface area (Å²) in [5.74, 6) is 0.644. The van der Waals surface area contributed by atoms with E-state index in [4.69, 9.17) is 16.3 Å². The molecule has 5 nitrogen and oxygen atoms in total. The number of aromatic nitrogens is 2. The fourth-order valence-corrected chi connectivity index (χ4v) is 1.10. The van der Waals surface area contributed by atoms with Crippen LogP contribution in [0, 0.1) is 0 Å². The van der Waals surface area contributed by atoms with Crippen LogP contribution in [0.25, 0.3) is 0 Å². The highest BCUT2D eigenvalue weighted by Gasteiger charge is 2.16. The summed E-state index contributed by atoms with van der Waals surface area (Å²) in [6, 6.07) is 1.64. The van der Waals surface area contributed by atoms with Gasteiger partial charge in [-0.05, 0) is 32.4 Å². The lowest BCUT2D eigenvalue weighted by Gasteiger charge is -2.19. The number of nitrogens with one attached hydrogen (secondary N) is 1. The van der Waals surface area contributed by atoms with E-state index in [1.165, 1.54) is 6.20 Å². The number of carbonyl (C=O) groups excluding carboxylic acids is 1. The average molecular weight is 244 g/mol. The minimum Gasteiger partial charge on any atom is -0.444 e. The van der Waals surface area contributed by atoms with Crippen LogP contribution >= 0.6 is 11.6 Å². The van der Waals surface area contributed by atoms with E-state index in [-0.39, 0.29) is 0 Å². The lowest BCUT2D eigenvalue weighted by molar-refractivity contribution is 0.0635. The minimum atomic E-state index is -0.562. The first-order valence-corrected chi connectivity index (χ1v) is 5.32. The summed E-state index contributed by atoms with van der Waals surface area (Å²) >= 11 is 5.63. The van der Waals surface area contributed by atoms with Gasteiger partial charge in [0.25, 0.3) is 0 Å². The smallest absolute Gasteiger partial charge is 0.413 e. The highest BCUT2D eigenvalue weighted by Crippen LogP contribution is 2.11. The molecule has 0 radical (unpaired) electrons. The van der Waals surface area contributed by atoms with E-state index in [0.29, 0.717) is 11.7 Å². The van der Waals surface area contributed by atoms with E-state index in [1.807, 2.05) is 0 Å². The van der Waals surface area contributed by atoms with Crippen LogP contribution in [0.1, 0.15) is 26.3 Å². The number of amides is 1. The Kier molecular flexibility index (Phi) is 4.06. The quantitative estimate of drug-likeness (QED) is 0.811. The largest absolute Gasteiger partial charge is 0.444 e. The van der Waals surface area contributed by atoms with Crippen molar-refractivity contribution < 1.29 is 9.53 Å². The van der Waals surface area contributed by atoms with Crippen LogP contribution in [0.15, 0.2) is 12.3 Å². The number of halogens is 1. The topological polar surface area (TPSA) is 64.1 Å². The average Bonchev–Trinajstić information content (AvgIpc) is 2.15. The van der Waals surface area contributed by atoms with E-state index in [1.54, 1.807) is 26.8 Å². The normalized spacial score (nSPS) is 11.0. The summed E-state index contributed by atoms with van der Waals surface area (Å²) in [5, 5.41) is 9.92. The fourth-order valence-electron chi connectivity index (χ4n) is 0.949. The van der Waals surface area contributed by atoms with Crippen molar-refractivity contribution in [1.29, 1.82) is 0 Å². The van der Waals surface area contributed by atoms with E-state index >= 15 is 0 Å². The van der Waals surface area contributed by atoms with Gasteiger partial charge in [0.1, 0.15) is 5.60 Å². The van der Waals surface area contributed by atoms with E-state index < -0.39 is 11.7 Å². The highest BCUT2D eigenvalue weighted by atomic mass is 35.5. The maximum atomic E-state index is 11.4. The molecular weight excluding hydrogens is 230 g/mol. The second-order valence-electron chi connectivity index (χ2n) is 4.21. The monoisotopic (exact) mass is 243 g/mol. The van der Waals surface area contributed by atoms with Crippen LogP contribution in [-0.2, 0) is 10.6 Å². The van der Waals surface area contributed by atoms with Gasteiger partial charge in [-0.1, -0.05) is 0 Å². The zero-order chi connectivity index (χ0) is 12.2. The van der Waals surface area contributed by atoms with E-state index in [2.05, 4.69) is 15.5 Å². The third-order valence-corrected chi connectivity index (χ3v) is 1.80. The molecule has 88 valence electrons. The fraction of sp³-hybridized carbons (Fsp3) is 0.500. The van der Waals surface area contributed by atoms with Gasteiger partial charge >= 0.3 is 6.09 Å². The van der Waals surface area contributed by atoms with Crippen LogP contribution in [0.3, 0.4) is 0 Å². The number of hydrogen-bond donors (Lipinski definition) is 1. The first kappa shape index (κ1) is 12.7. The predicted octanol–water partition coefficient (Wildman–Crippen LogP) is 2.56. The Morgan fingerprint density at radius 2 is 2.25 bits per heavy atom. The number of anilines is 1. The molecular formula is C10H14ClN3O2. The molecule has 1 aromatic rings. The van der Waals surface area contributed by atoms with Crippen molar-refractivity contribution in [2.75, 3.05) is 5.32 Å². The molecule has 0 spiro atoms. The van der Waals surface area contributed by atoms with Crippen molar-refractivity contribution in [3.05, 3.63) is 17.8 Å². The predicted molar refractivity (Wildman–Crippen MR) is 61.4 cm³/mol. The zero-order valence-electron chi connectivity index (χ0n) is 9.45. The van der Waals surface area contributed by atoms with Gasteiger partial charge in [-0.3, -0.25) is 5.32 Å². The van der Waals surface area contributed by atoms with Gasteiger partial charge in [0, 0.05) is 5.88 Å². The molecule has 0 saturated carbocycles. The maximum Gasteiger partial charge on any atom is 0.413 e. The van der Waals surface area contributed by atoms with Crippen molar-refractivity contribution in [2.45, 2.75) is 32.3 Å². The van der Waals surface area contributed by atoms with Gasteiger partial charge < -0.3 is 4.74 Å². The second kappa shape index (κ2) is 5.12. The minimum absolute atomic E-state index is 0.318. The Labute approximate surface area is 99.2 Å². The van der Waals surface area contributed by atoms with Gasteiger partial charge in [-0.15, -0.1) is 16.7 Å². The maximum absolute atomic E-state index is 11.4. The second-order valence-corrected chi connectivity index (χ2v) is 4.48. The molecule has 1 heterocycles. The Morgan fingerprint density at radius 1 is 1.56 bits per heavy atom. The first-order valence-electron chi connectivity index (χ1n) is 4.78. The third kappa shape index (κ3) is 4.44. The molecule has 1 amide bonds. The number of hydrogen-bond acceptors (Lipinski definition) is 4. The number of alkyl halides is 1. The van der Waals surface area contributed by atoms with Crippen LogP contribution in [-0.4, -0.2) is 21.9 Å². The molecule has 0 unspecified atom stereocenters. The zero-order valence-corrected chi connectivity index (χ0v) is 10.2. The molecule has 0 aliphatic carbocycles. The summed E-state index contributed by atoms with van der Waals surface area (Å²) in [6.07, 6.45) is 0.973. The van der Waals surface area contributed by atoms with Crippen molar-refractivity contribution in [3.63, 3.8) is 0 Å². The molecule has 1 rings (SSSR count). The molecule has 0 bridgehead atoms. The van der Waals surface area contributed by atoms with Gasteiger partial charge in [0.15, 0.2) is 5.82 Å². The van der Waals surface area contributed by atoms with Crippen molar-refractivity contribution >= 4 is 23.5 Å². The summed E-state index contributed by atoms with van der Waals surface area (Å²) in [6.45, 7) is 5.36. The van der Waals surface area contributed by atoms with E-state index in [9.17, 15) is 4.79 Å². The molecule has 16 heavy (non-hydrogen) atoms. The summed E-state index contributed by atoms with van der Waals surface area (Å²) < 4.78 is 5.06. The summed E-state index contributed by atoms with van der Waals surface area (Å²) in [4.78, 5) is 11.4. The summed E-state index contributed by atoms with van der Waals surface area (Å²) in [5.41, 5.74) is 0.240. The Balaban J connectivity index is 2.62. The summed E-state index contributed by atoms with van der Waals surface area (Å²) in [7, 11) is 0. The molecule has 0 saturated heterocycles. The number of rotatable bonds is 2. The van der Waals surface area contributed by atoms with Crippen molar-refractivity contribution in [2.24, 2.45) is 0 Å².